The van der Waals surface area contributed by atoms with Gasteiger partial charge in [-0.05, 0) is 87.4 Å². The van der Waals surface area contributed by atoms with Gasteiger partial charge in [0.1, 0.15) is 16.3 Å². The van der Waals surface area contributed by atoms with E-state index in [0.717, 1.165) is 33.7 Å². The van der Waals surface area contributed by atoms with Crippen LogP contribution < -0.4 is 0 Å². The van der Waals surface area contributed by atoms with Crippen molar-refractivity contribution < 1.29 is 14.3 Å². The lowest BCUT2D eigenvalue weighted by molar-refractivity contribution is 0.0400. The zero-order chi connectivity index (χ0) is 27.2. The van der Waals surface area contributed by atoms with Crippen LogP contribution in [0.15, 0.2) is 66.0 Å². The summed E-state index contributed by atoms with van der Waals surface area (Å²) in [7, 11) is 1.69. The van der Waals surface area contributed by atoms with Crippen molar-refractivity contribution in [2.75, 3.05) is 7.05 Å². The second kappa shape index (κ2) is 10.0. The molecule has 3 aromatic rings. The zero-order valence-electron chi connectivity index (χ0n) is 21.9. The Morgan fingerprint density at radius 3 is 2.68 bits per heavy atom. The number of benzene rings is 1. The number of carbonyl (C=O) groups is 2. The second-order valence-corrected chi connectivity index (χ2v) is 11.8. The predicted octanol–water partition coefficient (Wildman–Crippen LogP) is 7.16. The molecule has 1 aliphatic heterocycles. The Labute approximate surface area is 231 Å². The van der Waals surface area contributed by atoms with E-state index in [4.69, 9.17) is 21.3 Å². The van der Waals surface area contributed by atoms with Crippen LogP contribution in [0.2, 0.25) is 5.02 Å². The second-order valence-electron chi connectivity index (χ2n) is 10.5. The number of likely N-dealkylation sites (N-methyl/N-ethyl adjacent to an activating group) is 1. The third-order valence-electron chi connectivity index (χ3n) is 6.47. The molecule has 2 amide bonds. The van der Waals surface area contributed by atoms with Crippen LogP contribution in [0.5, 0.6) is 0 Å². The Bertz CT molecular complexity index is 1520. The molecule has 0 N–H and O–H groups in total. The van der Waals surface area contributed by atoms with Crippen molar-refractivity contribution in [1.29, 1.82) is 0 Å². The minimum absolute atomic E-state index is 0.202. The van der Waals surface area contributed by atoms with Crippen LogP contribution in [0.4, 0.5) is 4.79 Å². The number of amides is 2. The van der Waals surface area contributed by atoms with Gasteiger partial charge >= 0.3 is 6.09 Å². The molecule has 0 bridgehead atoms. The van der Waals surface area contributed by atoms with Gasteiger partial charge in [-0.3, -0.25) is 9.69 Å². The van der Waals surface area contributed by atoms with E-state index in [1.54, 1.807) is 55.1 Å². The van der Waals surface area contributed by atoms with Crippen LogP contribution >= 0.6 is 22.9 Å². The number of hydrogen-bond acceptors (Lipinski definition) is 6. The number of thiophene rings is 1. The van der Waals surface area contributed by atoms with Crippen molar-refractivity contribution in [3.63, 3.8) is 0 Å². The first-order chi connectivity index (χ1) is 18.0. The summed E-state index contributed by atoms with van der Waals surface area (Å²) in [4.78, 5) is 38.8. The third-order valence-corrected chi connectivity index (χ3v) is 7.60. The van der Waals surface area contributed by atoms with Gasteiger partial charge in [0.25, 0.3) is 5.91 Å². The van der Waals surface area contributed by atoms with Crippen molar-refractivity contribution in [1.82, 2.24) is 19.8 Å². The van der Waals surface area contributed by atoms with Gasteiger partial charge in [-0.15, -0.1) is 11.3 Å². The fourth-order valence-corrected chi connectivity index (χ4v) is 5.68. The van der Waals surface area contributed by atoms with Gasteiger partial charge < -0.3 is 9.64 Å². The summed E-state index contributed by atoms with van der Waals surface area (Å²) in [5.74, 6) is 1.13. The molecule has 2 atom stereocenters. The number of aryl methyl sites for hydroxylation is 1. The summed E-state index contributed by atoms with van der Waals surface area (Å²) in [5.41, 5.74) is 2.61. The molecule has 196 valence electrons. The number of halogens is 1. The molecule has 2 aromatic heterocycles. The van der Waals surface area contributed by atoms with Gasteiger partial charge in [-0.2, -0.15) is 0 Å². The molecule has 9 heteroatoms. The summed E-state index contributed by atoms with van der Waals surface area (Å²) in [6.45, 7) is 7.36. The first kappa shape index (κ1) is 26.1. The average molecular weight is 549 g/mol. The van der Waals surface area contributed by atoms with Gasteiger partial charge in [0.15, 0.2) is 0 Å². The van der Waals surface area contributed by atoms with Gasteiger partial charge in [-0.25, -0.2) is 14.8 Å². The summed E-state index contributed by atoms with van der Waals surface area (Å²) in [5, 5.41) is 3.74. The fourth-order valence-electron chi connectivity index (χ4n) is 4.54. The highest BCUT2D eigenvalue weighted by Crippen LogP contribution is 2.57. The Kier molecular flexibility index (Phi) is 6.88. The van der Waals surface area contributed by atoms with Crippen LogP contribution in [0, 0.1) is 6.92 Å². The van der Waals surface area contributed by atoms with Gasteiger partial charge in [-0.1, -0.05) is 17.7 Å². The Morgan fingerprint density at radius 2 is 1.95 bits per heavy atom. The molecule has 2 unspecified atom stereocenters. The quantitative estimate of drug-likeness (QED) is 0.346. The minimum atomic E-state index is -0.607. The SMILES string of the molecule is Cc1nc(C2CC2c2ccc(C(=O)N(C)C3=CC=CN(C(=O)OC(C)(C)C)C=C3)cc2Cl)c2ccsc2n1. The molecule has 7 nitrogen and oxygen atoms in total. The summed E-state index contributed by atoms with van der Waals surface area (Å²) >= 11 is 8.34. The van der Waals surface area contributed by atoms with Crippen LogP contribution in [-0.4, -0.2) is 44.4 Å². The summed E-state index contributed by atoms with van der Waals surface area (Å²) in [6.07, 6.45) is 8.80. The van der Waals surface area contributed by atoms with Crippen molar-refractivity contribution in [2.45, 2.75) is 51.6 Å². The fraction of sp³-hybridized carbons (Fsp3) is 0.310. The Balaban J connectivity index is 1.29. The zero-order valence-corrected chi connectivity index (χ0v) is 23.5. The summed E-state index contributed by atoms with van der Waals surface area (Å²) in [6, 6.07) is 7.60. The molecule has 2 aliphatic rings. The number of aromatic nitrogens is 2. The van der Waals surface area contributed by atoms with Crippen LogP contribution in [0.1, 0.15) is 66.5 Å². The summed E-state index contributed by atoms with van der Waals surface area (Å²) < 4.78 is 5.41. The standard InChI is InChI=1S/C29H29ClN4O3S/c1-17-31-25(21-11-14-38-26(21)32-17)23-16-22(23)20-9-8-18(15-24(20)30)27(35)33(5)19-7-6-12-34(13-10-19)28(36)37-29(2,3)4/h6-15,22-23H,16H2,1-5H3. The van der Waals surface area contributed by atoms with Gasteiger partial charge in [0.2, 0.25) is 0 Å². The topological polar surface area (TPSA) is 75.6 Å². The average Bonchev–Trinajstić information content (AvgIpc) is 3.56. The number of allylic oxidation sites excluding steroid dienone is 3. The highest BCUT2D eigenvalue weighted by molar-refractivity contribution is 7.16. The number of hydrogen-bond donors (Lipinski definition) is 0. The maximum atomic E-state index is 13.3. The molecule has 0 spiro atoms. The third kappa shape index (κ3) is 5.37. The largest absolute Gasteiger partial charge is 0.443 e. The Hall–Kier alpha value is -3.49. The van der Waals surface area contributed by atoms with E-state index in [-0.39, 0.29) is 17.7 Å². The van der Waals surface area contributed by atoms with Crippen LogP contribution in [0.3, 0.4) is 0 Å². The number of fused-ring (bicyclic) bond motifs is 1. The molecule has 0 saturated heterocycles. The van der Waals surface area contributed by atoms with Crippen LogP contribution in [-0.2, 0) is 4.74 Å². The maximum Gasteiger partial charge on any atom is 0.418 e. The molecule has 0 radical (unpaired) electrons. The molecule has 1 aliphatic carbocycles. The molecule has 1 saturated carbocycles. The lowest BCUT2D eigenvalue weighted by Gasteiger charge is -2.23. The molecule has 5 rings (SSSR count). The van der Waals surface area contributed by atoms with Crippen molar-refractivity contribution in [2.24, 2.45) is 0 Å². The van der Waals surface area contributed by atoms with E-state index in [2.05, 4.69) is 11.1 Å². The number of nitrogens with zero attached hydrogens (tertiary/aromatic N) is 4. The van der Waals surface area contributed by atoms with E-state index in [9.17, 15) is 9.59 Å². The molecule has 1 fully saturated rings. The van der Waals surface area contributed by atoms with E-state index in [1.165, 1.54) is 9.80 Å². The first-order valence-electron chi connectivity index (χ1n) is 12.4. The maximum absolute atomic E-state index is 13.3. The number of carbonyl (C=O) groups excluding carboxylic acids is 2. The van der Waals surface area contributed by atoms with E-state index >= 15 is 0 Å². The lowest BCUT2D eigenvalue weighted by Crippen LogP contribution is -2.30. The van der Waals surface area contributed by atoms with E-state index < -0.39 is 11.7 Å². The van der Waals surface area contributed by atoms with Crippen molar-refractivity contribution in [3.05, 3.63) is 93.6 Å². The minimum Gasteiger partial charge on any atom is -0.443 e. The predicted molar refractivity (Wildman–Crippen MR) is 150 cm³/mol. The number of rotatable bonds is 4. The van der Waals surface area contributed by atoms with Gasteiger partial charge in [0, 0.05) is 47.0 Å². The van der Waals surface area contributed by atoms with E-state index in [1.807, 2.05) is 45.2 Å². The van der Waals surface area contributed by atoms with Crippen molar-refractivity contribution >= 4 is 45.2 Å². The Morgan fingerprint density at radius 1 is 1.16 bits per heavy atom. The lowest BCUT2D eigenvalue weighted by atomic mass is 10.0. The first-order valence-corrected chi connectivity index (χ1v) is 13.6. The molecule has 38 heavy (non-hydrogen) atoms. The molecule has 3 heterocycles. The molecular weight excluding hydrogens is 520 g/mol. The van der Waals surface area contributed by atoms with E-state index in [0.29, 0.717) is 16.3 Å². The highest BCUT2D eigenvalue weighted by Gasteiger charge is 2.43. The van der Waals surface area contributed by atoms with Crippen molar-refractivity contribution in [3.8, 4) is 0 Å². The smallest absolute Gasteiger partial charge is 0.418 e. The van der Waals surface area contributed by atoms with Gasteiger partial charge in [0.05, 0.1) is 5.69 Å². The van der Waals surface area contributed by atoms with Crippen LogP contribution in [0.25, 0.3) is 10.2 Å². The normalized spacial score (nSPS) is 18.8. The molecular formula is C29H29ClN4O3S. The molecule has 1 aromatic carbocycles. The monoisotopic (exact) mass is 548 g/mol. The number of ether oxygens (including phenoxy) is 1. The highest BCUT2D eigenvalue weighted by atomic mass is 35.5.